The zero-order chi connectivity index (χ0) is 36.1. The molecular formula is C39H69O9P. The minimum Gasteiger partial charge on any atom is -0.457 e. The molecule has 0 radical (unpaired) electrons. The van der Waals surface area contributed by atoms with Crippen LogP contribution >= 0.6 is 7.82 Å². The number of rotatable bonds is 35. The van der Waals surface area contributed by atoms with E-state index in [0.717, 1.165) is 103 Å². The molecule has 0 aromatic heterocycles. The van der Waals surface area contributed by atoms with E-state index in [9.17, 15) is 19.4 Å². The zero-order valence-corrected chi connectivity index (χ0v) is 31.5. The van der Waals surface area contributed by atoms with Crippen LogP contribution < -0.4 is 0 Å². The first-order chi connectivity index (χ1) is 23.8. The number of phosphoric acid groups is 1. The molecule has 0 saturated carbocycles. The Bertz CT molecular complexity index is 945. The minimum absolute atomic E-state index is 0.0301. The summed E-state index contributed by atoms with van der Waals surface area (Å²) in [5.41, 5.74) is 0. The fourth-order valence-corrected chi connectivity index (χ4v) is 5.37. The lowest BCUT2D eigenvalue weighted by Gasteiger charge is -2.20. The second-order valence-electron chi connectivity index (χ2n) is 12.2. The minimum atomic E-state index is -4.52. The number of aliphatic hydroxyl groups is 2. The Balaban J connectivity index is 4.26. The molecule has 0 aliphatic carbocycles. The van der Waals surface area contributed by atoms with Gasteiger partial charge in [0.25, 0.3) is 0 Å². The van der Waals surface area contributed by atoms with Crippen molar-refractivity contribution in [1.29, 1.82) is 0 Å². The Kier molecular flexibility index (Phi) is 34.6. The molecule has 0 rings (SSSR count). The van der Waals surface area contributed by atoms with Gasteiger partial charge in [-0.3, -0.25) is 13.8 Å². The van der Waals surface area contributed by atoms with Crippen LogP contribution in [0.15, 0.2) is 60.8 Å². The summed E-state index contributed by atoms with van der Waals surface area (Å²) in [6, 6.07) is 0. The second-order valence-corrected chi connectivity index (χ2v) is 13.7. The summed E-state index contributed by atoms with van der Waals surface area (Å²) in [6.07, 6.45) is 39.0. The number of aliphatic hydroxyl groups excluding tert-OH is 2. The van der Waals surface area contributed by atoms with Crippen molar-refractivity contribution < 1.29 is 43.0 Å². The number of ether oxygens (including phenoxy) is 2. The maximum absolute atomic E-state index is 12.5. The lowest BCUT2D eigenvalue weighted by molar-refractivity contribution is -0.154. The van der Waals surface area contributed by atoms with Crippen LogP contribution in [0.4, 0.5) is 0 Å². The molecule has 284 valence electrons. The van der Waals surface area contributed by atoms with Gasteiger partial charge in [0.05, 0.1) is 26.4 Å². The highest BCUT2D eigenvalue weighted by Gasteiger charge is 2.26. The van der Waals surface area contributed by atoms with Crippen LogP contribution in [0.2, 0.25) is 0 Å². The van der Waals surface area contributed by atoms with Gasteiger partial charge in [0.1, 0.15) is 12.2 Å². The molecule has 0 spiro atoms. The number of hydrogen-bond acceptors (Lipinski definition) is 8. The first-order valence-electron chi connectivity index (χ1n) is 18.8. The first-order valence-corrected chi connectivity index (χ1v) is 20.3. The van der Waals surface area contributed by atoms with E-state index in [1.807, 2.05) is 0 Å². The van der Waals surface area contributed by atoms with Crippen molar-refractivity contribution in [2.24, 2.45) is 0 Å². The van der Waals surface area contributed by atoms with E-state index in [1.54, 1.807) is 0 Å². The standard InChI is InChI=1S/C39H69O9P/c1-3-5-7-9-11-13-15-16-17-18-19-20-21-22-24-26-28-30-32-45-35-38(36-47-49(43,44)46-34-37(41)33-40)48-39(42)31-29-27-25-23-14-12-10-8-6-4-2/h5,7-8,10-11,13,16-17,19-20,37-38,40-41H,3-4,6,9,12,14-15,18,21-36H2,1-2H3,(H,43,44)/b7-5-,10-8-,13-11-,17-16-,20-19-. The van der Waals surface area contributed by atoms with Crippen LogP contribution in [0.3, 0.4) is 0 Å². The number of hydrogen-bond donors (Lipinski definition) is 3. The molecule has 10 heteroatoms. The summed E-state index contributed by atoms with van der Waals surface area (Å²) in [5.74, 6) is -0.405. The third-order valence-corrected chi connectivity index (χ3v) is 8.37. The van der Waals surface area contributed by atoms with Crippen LogP contribution in [0, 0.1) is 0 Å². The molecule has 0 fully saturated rings. The molecular weight excluding hydrogens is 643 g/mol. The van der Waals surface area contributed by atoms with Crippen molar-refractivity contribution in [3.8, 4) is 0 Å². The number of unbranched alkanes of at least 4 members (excludes halogenated alkanes) is 11. The van der Waals surface area contributed by atoms with Crippen molar-refractivity contribution in [1.82, 2.24) is 0 Å². The highest BCUT2D eigenvalue weighted by atomic mass is 31.2. The zero-order valence-electron chi connectivity index (χ0n) is 30.6. The SMILES string of the molecule is CC/C=C\C/C=C\C/C=C\C/C=C\CCCCCCCOCC(COP(=O)(O)OCC(O)CO)OC(=O)CCCCCCC/C=C\CCC. The highest BCUT2D eigenvalue weighted by molar-refractivity contribution is 7.47. The molecule has 49 heavy (non-hydrogen) atoms. The maximum atomic E-state index is 12.5. The third-order valence-electron chi connectivity index (χ3n) is 7.42. The Morgan fingerprint density at radius 2 is 1.16 bits per heavy atom. The number of allylic oxidation sites excluding steroid dienone is 10. The molecule has 9 nitrogen and oxygen atoms in total. The summed E-state index contributed by atoms with van der Waals surface area (Å²) in [7, 11) is -4.52. The van der Waals surface area contributed by atoms with Gasteiger partial charge in [-0.25, -0.2) is 4.57 Å². The van der Waals surface area contributed by atoms with E-state index in [-0.39, 0.29) is 13.0 Å². The Labute approximate surface area is 298 Å². The van der Waals surface area contributed by atoms with Crippen molar-refractivity contribution in [2.75, 3.05) is 33.0 Å². The molecule has 0 aromatic carbocycles. The summed E-state index contributed by atoms with van der Waals surface area (Å²) >= 11 is 0. The molecule has 0 bridgehead atoms. The lowest BCUT2D eigenvalue weighted by atomic mass is 10.1. The van der Waals surface area contributed by atoms with Crippen LogP contribution in [0.5, 0.6) is 0 Å². The average molecular weight is 713 g/mol. The number of carbonyl (C=O) groups is 1. The van der Waals surface area contributed by atoms with Gasteiger partial charge in [0.15, 0.2) is 0 Å². The summed E-state index contributed by atoms with van der Waals surface area (Å²) in [4.78, 5) is 22.4. The predicted molar refractivity (Wildman–Crippen MR) is 200 cm³/mol. The van der Waals surface area contributed by atoms with E-state index < -0.39 is 45.8 Å². The highest BCUT2D eigenvalue weighted by Crippen LogP contribution is 2.43. The fourth-order valence-electron chi connectivity index (χ4n) is 4.58. The molecule has 0 aliphatic rings. The van der Waals surface area contributed by atoms with Crippen LogP contribution in [-0.4, -0.2) is 66.3 Å². The van der Waals surface area contributed by atoms with Crippen molar-refractivity contribution >= 4 is 13.8 Å². The van der Waals surface area contributed by atoms with Gasteiger partial charge in [0.2, 0.25) is 0 Å². The van der Waals surface area contributed by atoms with E-state index in [1.165, 1.54) is 6.42 Å². The maximum Gasteiger partial charge on any atom is 0.472 e. The van der Waals surface area contributed by atoms with Gasteiger partial charge < -0.3 is 24.6 Å². The third kappa shape index (κ3) is 35.8. The summed E-state index contributed by atoms with van der Waals surface area (Å²) in [6.45, 7) is 3.25. The molecule has 3 N–H and O–H groups in total. The first kappa shape index (κ1) is 47.2. The lowest BCUT2D eigenvalue weighted by Crippen LogP contribution is -2.29. The van der Waals surface area contributed by atoms with Crippen LogP contribution in [-0.2, 0) is 27.9 Å². The topological polar surface area (TPSA) is 132 Å². The number of phosphoric ester groups is 1. The molecule has 0 heterocycles. The average Bonchev–Trinajstić information content (AvgIpc) is 3.09. The normalized spacial score (nSPS) is 15.0. The fraction of sp³-hybridized carbons (Fsp3) is 0.718. The quantitative estimate of drug-likeness (QED) is 0.0254. The van der Waals surface area contributed by atoms with Crippen LogP contribution in [0.1, 0.15) is 136 Å². The van der Waals surface area contributed by atoms with E-state index in [4.69, 9.17) is 23.6 Å². The van der Waals surface area contributed by atoms with Gasteiger partial charge in [0, 0.05) is 13.0 Å². The molecule has 3 atom stereocenters. The van der Waals surface area contributed by atoms with E-state index in [0.29, 0.717) is 13.0 Å². The molecule has 0 saturated heterocycles. The Hall–Kier alpha value is -1.84. The second kappa shape index (κ2) is 36.0. The van der Waals surface area contributed by atoms with E-state index in [2.05, 4.69) is 74.6 Å². The summed E-state index contributed by atoms with van der Waals surface area (Å²) in [5, 5.41) is 18.3. The molecule has 0 aromatic rings. The van der Waals surface area contributed by atoms with Crippen molar-refractivity contribution in [3.05, 3.63) is 60.8 Å². The largest absolute Gasteiger partial charge is 0.472 e. The van der Waals surface area contributed by atoms with Gasteiger partial charge in [-0.2, -0.15) is 0 Å². The van der Waals surface area contributed by atoms with Gasteiger partial charge in [-0.1, -0.05) is 120 Å². The smallest absolute Gasteiger partial charge is 0.457 e. The van der Waals surface area contributed by atoms with Gasteiger partial charge in [-0.05, 0) is 70.6 Å². The molecule has 0 amide bonds. The van der Waals surface area contributed by atoms with Crippen molar-refractivity contribution in [2.45, 2.75) is 148 Å². The van der Waals surface area contributed by atoms with Gasteiger partial charge in [-0.15, -0.1) is 0 Å². The Morgan fingerprint density at radius 1 is 0.653 bits per heavy atom. The van der Waals surface area contributed by atoms with E-state index >= 15 is 0 Å². The predicted octanol–water partition coefficient (Wildman–Crippen LogP) is 9.63. The number of esters is 1. The summed E-state index contributed by atoms with van der Waals surface area (Å²) < 4.78 is 33.2. The Morgan fingerprint density at radius 3 is 1.78 bits per heavy atom. The van der Waals surface area contributed by atoms with Crippen molar-refractivity contribution in [3.63, 3.8) is 0 Å². The monoisotopic (exact) mass is 712 g/mol. The molecule has 0 aliphatic heterocycles. The number of carbonyl (C=O) groups excluding carboxylic acids is 1. The molecule has 3 unspecified atom stereocenters. The van der Waals surface area contributed by atoms with Gasteiger partial charge >= 0.3 is 13.8 Å². The van der Waals surface area contributed by atoms with Crippen LogP contribution in [0.25, 0.3) is 0 Å².